The number of rotatable bonds is 4. The van der Waals surface area contributed by atoms with Gasteiger partial charge in [0.2, 0.25) is 5.91 Å². The molecule has 0 unspecified atom stereocenters. The fourth-order valence-corrected chi connectivity index (χ4v) is 4.75. The summed E-state index contributed by atoms with van der Waals surface area (Å²) in [5.74, 6) is 1.34. The number of benzene rings is 1. The summed E-state index contributed by atoms with van der Waals surface area (Å²) in [4.78, 5) is 34.9. The molecule has 5 rings (SSSR count). The number of carbonyl (C=O) groups is 1. The van der Waals surface area contributed by atoms with Crippen molar-refractivity contribution in [3.05, 3.63) is 51.6 Å². The average Bonchev–Trinajstić information content (AvgIpc) is 3.15. The molecule has 0 bridgehead atoms. The Morgan fingerprint density at radius 2 is 1.79 bits per heavy atom. The zero-order valence-electron chi connectivity index (χ0n) is 19.7. The van der Waals surface area contributed by atoms with Crippen molar-refractivity contribution in [2.45, 2.75) is 70.8 Å². The fraction of sp³-hybridized carbons (Fsp3) is 0.560. The van der Waals surface area contributed by atoms with Crippen LogP contribution in [0.5, 0.6) is 0 Å². The summed E-state index contributed by atoms with van der Waals surface area (Å²) in [5.41, 5.74) is 2.98. The first-order valence-corrected chi connectivity index (χ1v) is 12.0. The molecule has 1 aliphatic heterocycles. The van der Waals surface area contributed by atoms with Crippen LogP contribution in [0.1, 0.15) is 75.7 Å². The lowest BCUT2D eigenvalue weighted by molar-refractivity contribution is -0.139. The van der Waals surface area contributed by atoms with Crippen LogP contribution >= 0.6 is 0 Å². The molecule has 33 heavy (non-hydrogen) atoms. The van der Waals surface area contributed by atoms with Crippen molar-refractivity contribution in [3.63, 3.8) is 0 Å². The Balaban J connectivity index is 1.34. The van der Waals surface area contributed by atoms with E-state index in [4.69, 9.17) is 4.98 Å². The van der Waals surface area contributed by atoms with Crippen molar-refractivity contribution in [1.82, 2.24) is 29.9 Å². The summed E-state index contributed by atoms with van der Waals surface area (Å²) in [6.07, 6.45) is 4.84. The molecule has 1 aliphatic carbocycles. The van der Waals surface area contributed by atoms with Gasteiger partial charge in [-0.2, -0.15) is 0 Å². The zero-order chi connectivity index (χ0) is 23.2. The van der Waals surface area contributed by atoms with Gasteiger partial charge in [0.15, 0.2) is 11.2 Å². The number of amides is 1. The highest BCUT2D eigenvalue weighted by Crippen LogP contribution is 2.32. The van der Waals surface area contributed by atoms with Crippen molar-refractivity contribution >= 4 is 17.1 Å². The molecule has 2 aliphatic rings. The topological polar surface area (TPSA) is 96.8 Å². The molecule has 1 aromatic carbocycles. The Morgan fingerprint density at radius 1 is 1.09 bits per heavy atom. The summed E-state index contributed by atoms with van der Waals surface area (Å²) in [7, 11) is 0. The Hall–Kier alpha value is -3.03. The monoisotopic (exact) mass is 448 g/mol. The maximum atomic E-state index is 12.7. The van der Waals surface area contributed by atoms with Gasteiger partial charge in [0.05, 0.1) is 6.54 Å². The SMILES string of the molecule is CC(C)(C)c1ccc(Cn2nnc3c(=O)[nH]c(C4CCN(C(=O)C5CCC5)CC4)nc32)cc1. The average molecular weight is 449 g/mol. The predicted molar refractivity (Wildman–Crippen MR) is 126 cm³/mol. The number of piperidine rings is 1. The first kappa shape index (κ1) is 21.8. The molecule has 3 aromatic rings. The fourth-order valence-electron chi connectivity index (χ4n) is 4.75. The van der Waals surface area contributed by atoms with Crippen LogP contribution in [-0.2, 0) is 16.8 Å². The van der Waals surface area contributed by atoms with Gasteiger partial charge >= 0.3 is 0 Å². The standard InChI is InChI=1S/C25H32N6O2/c1-25(2,3)19-9-7-16(8-10-19)15-31-22-20(28-29-31)23(32)27-21(26-22)17-11-13-30(14-12-17)24(33)18-5-4-6-18/h7-10,17-18H,4-6,11-15H2,1-3H3,(H,26,27,32). The number of fused-ring (bicyclic) bond motifs is 1. The first-order chi connectivity index (χ1) is 15.8. The Kier molecular flexibility index (Phi) is 5.54. The molecule has 2 fully saturated rings. The largest absolute Gasteiger partial charge is 0.342 e. The summed E-state index contributed by atoms with van der Waals surface area (Å²) in [6, 6.07) is 8.46. The van der Waals surface area contributed by atoms with E-state index in [0.29, 0.717) is 23.9 Å². The number of H-pyrrole nitrogens is 1. The molecule has 1 amide bonds. The Bertz CT molecular complexity index is 1210. The van der Waals surface area contributed by atoms with E-state index in [2.05, 4.69) is 60.3 Å². The molecule has 3 heterocycles. The molecule has 1 saturated carbocycles. The minimum atomic E-state index is -0.252. The van der Waals surface area contributed by atoms with Crippen molar-refractivity contribution in [1.29, 1.82) is 0 Å². The van der Waals surface area contributed by atoms with Crippen LogP contribution < -0.4 is 5.56 Å². The molecule has 8 nitrogen and oxygen atoms in total. The molecule has 2 aromatic heterocycles. The van der Waals surface area contributed by atoms with Crippen LogP contribution in [0.25, 0.3) is 11.2 Å². The zero-order valence-corrected chi connectivity index (χ0v) is 19.7. The highest BCUT2D eigenvalue weighted by molar-refractivity contribution is 5.79. The third-order valence-electron chi connectivity index (χ3n) is 7.19. The molecule has 1 N–H and O–H groups in total. The van der Waals surface area contributed by atoms with Gasteiger partial charge < -0.3 is 9.88 Å². The van der Waals surface area contributed by atoms with Gasteiger partial charge in [-0.1, -0.05) is 56.7 Å². The molecule has 8 heteroatoms. The van der Waals surface area contributed by atoms with Crippen LogP contribution in [0.4, 0.5) is 0 Å². The summed E-state index contributed by atoms with van der Waals surface area (Å²) < 4.78 is 1.70. The number of hydrogen-bond donors (Lipinski definition) is 1. The van der Waals surface area contributed by atoms with E-state index in [-0.39, 0.29) is 28.3 Å². The second kappa shape index (κ2) is 8.39. The van der Waals surface area contributed by atoms with E-state index in [1.54, 1.807) is 4.68 Å². The van der Waals surface area contributed by atoms with Gasteiger partial charge in [0, 0.05) is 24.9 Å². The van der Waals surface area contributed by atoms with Crippen LogP contribution in [0.2, 0.25) is 0 Å². The summed E-state index contributed by atoms with van der Waals surface area (Å²) in [5, 5.41) is 8.29. The molecular formula is C25H32N6O2. The van der Waals surface area contributed by atoms with Crippen molar-refractivity contribution < 1.29 is 4.79 Å². The second-order valence-corrected chi connectivity index (χ2v) is 10.5. The highest BCUT2D eigenvalue weighted by Gasteiger charge is 2.32. The van der Waals surface area contributed by atoms with Crippen molar-refractivity contribution in [2.75, 3.05) is 13.1 Å². The van der Waals surface area contributed by atoms with E-state index in [1.807, 2.05) is 4.90 Å². The van der Waals surface area contributed by atoms with Crippen molar-refractivity contribution in [2.24, 2.45) is 5.92 Å². The van der Waals surface area contributed by atoms with Gasteiger partial charge in [0.25, 0.3) is 5.56 Å². The molecule has 0 radical (unpaired) electrons. The minimum Gasteiger partial charge on any atom is -0.342 e. The molecular weight excluding hydrogens is 416 g/mol. The van der Waals surface area contributed by atoms with Crippen LogP contribution in [0.3, 0.4) is 0 Å². The maximum Gasteiger partial charge on any atom is 0.281 e. The quantitative estimate of drug-likeness (QED) is 0.660. The molecule has 0 atom stereocenters. The highest BCUT2D eigenvalue weighted by atomic mass is 16.2. The normalized spacial score (nSPS) is 18.0. The predicted octanol–water partition coefficient (Wildman–Crippen LogP) is 3.37. The number of carbonyl (C=O) groups excluding carboxylic acids is 1. The van der Waals surface area contributed by atoms with Gasteiger partial charge in [-0.15, -0.1) is 5.10 Å². The molecule has 1 saturated heterocycles. The minimum absolute atomic E-state index is 0.0975. The number of likely N-dealkylation sites (tertiary alicyclic amines) is 1. The second-order valence-electron chi connectivity index (χ2n) is 10.5. The molecule has 174 valence electrons. The van der Waals surface area contributed by atoms with Gasteiger partial charge in [0.1, 0.15) is 5.82 Å². The number of aromatic amines is 1. The van der Waals surface area contributed by atoms with E-state index in [1.165, 1.54) is 12.0 Å². The number of nitrogens with one attached hydrogen (secondary N) is 1. The van der Waals surface area contributed by atoms with E-state index in [9.17, 15) is 9.59 Å². The van der Waals surface area contributed by atoms with Crippen LogP contribution in [0, 0.1) is 5.92 Å². The summed E-state index contributed by atoms with van der Waals surface area (Å²) in [6.45, 7) is 8.53. The van der Waals surface area contributed by atoms with E-state index < -0.39 is 0 Å². The lowest BCUT2D eigenvalue weighted by atomic mass is 9.83. The van der Waals surface area contributed by atoms with E-state index in [0.717, 1.165) is 44.3 Å². The van der Waals surface area contributed by atoms with E-state index >= 15 is 0 Å². The number of hydrogen-bond acceptors (Lipinski definition) is 5. The van der Waals surface area contributed by atoms with Crippen LogP contribution in [0.15, 0.2) is 29.1 Å². The van der Waals surface area contributed by atoms with Crippen LogP contribution in [-0.4, -0.2) is 48.9 Å². The molecule has 0 spiro atoms. The maximum absolute atomic E-state index is 12.7. The number of aromatic nitrogens is 5. The van der Waals surface area contributed by atoms with Crippen molar-refractivity contribution in [3.8, 4) is 0 Å². The Labute approximate surface area is 193 Å². The van der Waals surface area contributed by atoms with Gasteiger partial charge in [-0.05, 0) is 42.2 Å². The lowest BCUT2D eigenvalue weighted by Crippen LogP contribution is -2.43. The lowest BCUT2D eigenvalue weighted by Gasteiger charge is -2.36. The smallest absolute Gasteiger partial charge is 0.281 e. The third kappa shape index (κ3) is 4.30. The summed E-state index contributed by atoms with van der Waals surface area (Å²) >= 11 is 0. The Morgan fingerprint density at radius 3 is 2.39 bits per heavy atom. The third-order valence-corrected chi connectivity index (χ3v) is 7.19. The first-order valence-electron chi connectivity index (χ1n) is 12.0. The van der Waals surface area contributed by atoms with Gasteiger partial charge in [-0.3, -0.25) is 9.59 Å². The number of nitrogens with zero attached hydrogens (tertiary/aromatic N) is 5. The van der Waals surface area contributed by atoms with Gasteiger partial charge in [-0.25, -0.2) is 9.67 Å².